The van der Waals surface area contributed by atoms with Crippen molar-refractivity contribution >= 4 is 11.6 Å². The maximum Gasteiger partial charge on any atom is 0.256 e. The number of unbranched alkanes of at least 4 members (excludes halogenated alkanes) is 1. The number of carbonyl (C=O) groups excluding carboxylic acids is 1. The number of methoxy groups -OCH3 is 1. The van der Waals surface area contributed by atoms with Crippen LogP contribution in [0.3, 0.4) is 0 Å². The van der Waals surface area contributed by atoms with Gasteiger partial charge in [-0.2, -0.15) is 0 Å². The minimum atomic E-state index is -0.807. The average Bonchev–Trinajstić information content (AvgIpc) is 2.66. The molecule has 2 aromatic rings. The van der Waals surface area contributed by atoms with Gasteiger partial charge in [0.25, 0.3) is 5.91 Å². The molecule has 0 bridgehead atoms. The van der Waals surface area contributed by atoms with Crippen LogP contribution in [-0.2, 0) is 16.1 Å². The lowest BCUT2D eigenvalue weighted by Gasteiger charge is -2.26. The van der Waals surface area contributed by atoms with Crippen LogP contribution in [0.2, 0.25) is 0 Å². The van der Waals surface area contributed by atoms with Crippen LogP contribution >= 0.6 is 0 Å². The van der Waals surface area contributed by atoms with Crippen LogP contribution in [0.4, 0.5) is 5.69 Å². The zero-order chi connectivity index (χ0) is 18.1. The topological polar surface area (TPSA) is 47.6 Å². The molecule has 0 aliphatic carbocycles. The lowest BCUT2D eigenvalue weighted by molar-refractivity contribution is -0.136. The number of anilines is 1. The van der Waals surface area contributed by atoms with E-state index in [9.17, 15) is 4.79 Å². The molecule has 1 N–H and O–H groups in total. The molecule has 0 aliphatic heterocycles. The van der Waals surface area contributed by atoms with E-state index in [1.54, 1.807) is 7.11 Å². The van der Waals surface area contributed by atoms with Crippen LogP contribution in [0, 0.1) is 0 Å². The molecule has 1 atom stereocenters. The minimum absolute atomic E-state index is 0.124. The van der Waals surface area contributed by atoms with Crippen molar-refractivity contribution in [2.75, 3.05) is 12.4 Å². The monoisotopic (exact) mass is 341 g/mol. The van der Waals surface area contributed by atoms with Gasteiger partial charge in [-0.25, -0.2) is 0 Å². The van der Waals surface area contributed by atoms with Gasteiger partial charge in [0.05, 0.1) is 0 Å². The van der Waals surface area contributed by atoms with Gasteiger partial charge < -0.3 is 14.8 Å². The summed E-state index contributed by atoms with van der Waals surface area (Å²) in [6, 6.07) is 17.4. The van der Waals surface area contributed by atoms with Crippen molar-refractivity contribution in [3.63, 3.8) is 0 Å². The summed E-state index contributed by atoms with van der Waals surface area (Å²) in [5.41, 5.74) is 1.04. The fourth-order valence-electron chi connectivity index (χ4n) is 2.46. The molecule has 134 valence electrons. The van der Waals surface area contributed by atoms with Crippen LogP contribution in [0.15, 0.2) is 54.6 Å². The molecule has 1 unspecified atom stereocenters. The van der Waals surface area contributed by atoms with Crippen molar-refractivity contribution in [2.24, 2.45) is 0 Å². The fourth-order valence-corrected chi connectivity index (χ4v) is 2.46. The highest BCUT2D eigenvalue weighted by atomic mass is 16.5. The van der Waals surface area contributed by atoms with E-state index in [1.807, 2.05) is 61.5 Å². The van der Waals surface area contributed by atoms with Gasteiger partial charge >= 0.3 is 0 Å². The molecule has 0 saturated heterocycles. The highest BCUT2D eigenvalue weighted by molar-refractivity contribution is 5.97. The first kappa shape index (κ1) is 19.0. The van der Waals surface area contributed by atoms with Gasteiger partial charge in [-0.3, -0.25) is 4.79 Å². The van der Waals surface area contributed by atoms with Crippen molar-refractivity contribution in [2.45, 2.75) is 45.3 Å². The SMILES string of the molecule is CCCCC(C)(OC)C(=O)Nc1ccc(OCc2ccccc2)cc1. The van der Waals surface area contributed by atoms with Crippen molar-refractivity contribution in [3.8, 4) is 5.75 Å². The molecule has 0 saturated carbocycles. The molecule has 0 aromatic heterocycles. The molecule has 4 nitrogen and oxygen atoms in total. The summed E-state index contributed by atoms with van der Waals surface area (Å²) in [6.07, 6.45) is 2.67. The lowest BCUT2D eigenvalue weighted by Crippen LogP contribution is -2.41. The van der Waals surface area contributed by atoms with E-state index in [2.05, 4.69) is 12.2 Å². The minimum Gasteiger partial charge on any atom is -0.489 e. The molecule has 2 rings (SSSR count). The highest BCUT2D eigenvalue weighted by Gasteiger charge is 2.32. The molecule has 4 heteroatoms. The first-order valence-corrected chi connectivity index (χ1v) is 8.71. The third kappa shape index (κ3) is 5.61. The largest absolute Gasteiger partial charge is 0.489 e. The number of ether oxygens (including phenoxy) is 2. The first-order chi connectivity index (χ1) is 12.1. The Balaban J connectivity index is 1.92. The second-order valence-corrected chi connectivity index (χ2v) is 6.29. The average molecular weight is 341 g/mol. The Bertz CT molecular complexity index is 655. The summed E-state index contributed by atoms with van der Waals surface area (Å²) in [6.45, 7) is 4.45. The van der Waals surface area contributed by atoms with Crippen LogP contribution in [0.25, 0.3) is 0 Å². The van der Waals surface area contributed by atoms with Gasteiger partial charge in [-0.05, 0) is 43.2 Å². The Labute approximate surface area is 150 Å². The predicted octanol–water partition coefficient (Wildman–Crippen LogP) is 4.80. The van der Waals surface area contributed by atoms with Gasteiger partial charge in [-0.15, -0.1) is 0 Å². The van der Waals surface area contributed by atoms with Crippen molar-refractivity contribution in [3.05, 3.63) is 60.2 Å². The summed E-state index contributed by atoms with van der Waals surface area (Å²) < 4.78 is 11.2. The second kappa shape index (κ2) is 9.23. The number of hydrogen-bond acceptors (Lipinski definition) is 3. The summed E-state index contributed by atoms with van der Waals surface area (Å²) in [4.78, 5) is 12.5. The smallest absolute Gasteiger partial charge is 0.256 e. The standard InChI is InChI=1S/C21H27NO3/c1-4-5-15-21(2,24-3)20(23)22-18-11-13-19(14-12-18)25-16-17-9-7-6-8-10-17/h6-14H,4-5,15-16H2,1-3H3,(H,22,23). The van der Waals surface area contributed by atoms with E-state index in [-0.39, 0.29) is 5.91 Å². The summed E-state index contributed by atoms with van der Waals surface area (Å²) in [5.74, 6) is 0.642. The van der Waals surface area contributed by atoms with Crippen molar-refractivity contribution in [1.29, 1.82) is 0 Å². The number of hydrogen-bond donors (Lipinski definition) is 1. The van der Waals surface area contributed by atoms with E-state index < -0.39 is 5.60 Å². The summed E-state index contributed by atoms with van der Waals surface area (Å²) in [7, 11) is 1.58. The van der Waals surface area contributed by atoms with E-state index in [0.29, 0.717) is 13.0 Å². The van der Waals surface area contributed by atoms with Crippen LogP contribution < -0.4 is 10.1 Å². The third-order valence-corrected chi connectivity index (χ3v) is 4.30. The van der Waals surface area contributed by atoms with Crippen LogP contribution in [0.1, 0.15) is 38.7 Å². The molecule has 0 radical (unpaired) electrons. The lowest BCUT2D eigenvalue weighted by atomic mass is 9.97. The number of rotatable bonds is 9. The number of benzene rings is 2. The Morgan fingerprint density at radius 2 is 1.76 bits per heavy atom. The molecule has 0 aliphatic rings. The molecular formula is C21H27NO3. The molecule has 25 heavy (non-hydrogen) atoms. The summed E-state index contributed by atoms with van der Waals surface area (Å²) in [5, 5.41) is 2.92. The van der Waals surface area contributed by atoms with Gasteiger partial charge in [0.2, 0.25) is 0 Å². The number of carbonyl (C=O) groups is 1. The molecule has 0 heterocycles. The maximum atomic E-state index is 12.5. The van der Waals surface area contributed by atoms with E-state index in [0.717, 1.165) is 29.8 Å². The van der Waals surface area contributed by atoms with E-state index >= 15 is 0 Å². The number of nitrogens with one attached hydrogen (secondary N) is 1. The van der Waals surface area contributed by atoms with Gasteiger partial charge in [0.15, 0.2) is 0 Å². The zero-order valence-corrected chi connectivity index (χ0v) is 15.2. The molecule has 0 spiro atoms. The van der Waals surface area contributed by atoms with Crippen molar-refractivity contribution in [1.82, 2.24) is 0 Å². The molecule has 2 aromatic carbocycles. The zero-order valence-electron chi connectivity index (χ0n) is 15.2. The third-order valence-electron chi connectivity index (χ3n) is 4.30. The molecule has 0 fully saturated rings. The van der Waals surface area contributed by atoms with Crippen molar-refractivity contribution < 1.29 is 14.3 Å². The normalized spacial score (nSPS) is 13.1. The highest BCUT2D eigenvalue weighted by Crippen LogP contribution is 2.22. The Morgan fingerprint density at radius 1 is 1.08 bits per heavy atom. The summed E-state index contributed by atoms with van der Waals surface area (Å²) >= 11 is 0. The van der Waals surface area contributed by atoms with E-state index in [1.165, 1.54) is 0 Å². The Morgan fingerprint density at radius 3 is 2.36 bits per heavy atom. The molecular weight excluding hydrogens is 314 g/mol. The quantitative estimate of drug-likeness (QED) is 0.713. The first-order valence-electron chi connectivity index (χ1n) is 8.71. The van der Waals surface area contributed by atoms with Gasteiger partial charge in [0, 0.05) is 12.8 Å². The van der Waals surface area contributed by atoms with Crippen LogP contribution in [-0.4, -0.2) is 18.6 Å². The maximum absolute atomic E-state index is 12.5. The van der Waals surface area contributed by atoms with Gasteiger partial charge in [0.1, 0.15) is 18.0 Å². The van der Waals surface area contributed by atoms with Crippen LogP contribution in [0.5, 0.6) is 5.75 Å². The van der Waals surface area contributed by atoms with E-state index in [4.69, 9.17) is 9.47 Å². The fraction of sp³-hybridized carbons (Fsp3) is 0.381. The van der Waals surface area contributed by atoms with Gasteiger partial charge in [-0.1, -0.05) is 50.1 Å². The molecule has 1 amide bonds. The number of amides is 1. The predicted molar refractivity (Wildman–Crippen MR) is 101 cm³/mol. The second-order valence-electron chi connectivity index (χ2n) is 6.29. The Hall–Kier alpha value is -2.33. The Kier molecular flexibility index (Phi) is 7.02.